The van der Waals surface area contributed by atoms with Crippen LogP contribution in [0.3, 0.4) is 0 Å². The predicted molar refractivity (Wildman–Crippen MR) is 179 cm³/mol. The predicted octanol–water partition coefficient (Wildman–Crippen LogP) is 4.29. The van der Waals surface area contributed by atoms with E-state index in [1.165, 1.54) is 41.3 Å². The maximum absolute atomic E-state index is 13.7. The van der Waals surface area contributed by atoms with E-state index in [1.54, 1.807) is 32.1 Å². The molecule has 1 aromatic heterocycles. The number of allylic oxidation sites excluding steroid dienone is 2. The van der Waals surface area contributed by atoms with Crippen molar-refractivity contribution in [2.24, 2.45) is 11.8 Å². The maximum atomic E-state index is 13.7. The molecular formula is C36H43FN4O9. The van der Waals surface area contributed by atoms with Gasteiger partial charge < -0.3 is 29.2 Å². The van der Waals surface area contributed by atoms with Gasteiger partial charge in [0.15, 0.2) is 5.69 Å². The first-order valence-corrected chi connectivity index (χ1v) is 16.6. The number of benzene rings is 1. The summed E-state index contributed by atoms with van der Waals surface area (Å²) in [7, 11) is 0. The lowest BCUT2D eigenvalue weighted by Gasteiger charge is -2.31. The van der Waals surface area contributed by atoms with Crippen LogP contribution in [0, 0.1) is 17.7 Å². The number of fused-ring (bicyclic) bond motifs is 3. The van der Waals surface area contributed by atoms with Gasteiger partial charge in [-0.15, -0.1) is 0 Å². The first-order valence-electron chi connectivity index (χ1n) is 16.6. The average Bonchev–Trinajstić information content (AvgIpc) is 3.75. The lowest BCUT2D eigenvalue weighted by molar-refractivity contribution is -0.158. The van der Waals surface area contributed by atoms with E-state index in [1.807, 2.05) is 6.92 Å². The minimum absolute atomic E-state index is 0.0154. The molecule has 0 radical (unpaired) electrons. The second kappa shape index (κ2) is 18.0. The monoisotopic (exact) mass is 694 g/mol. The molecule has 4 rings (SSSR count). The highest BCUT2D eigenvalue weighted by molar-refractivity contribution is 5.95. The van der Waals surface area contributed by atoms with E-state index < -0.39 is 48.0 Å². The fourth-order valence-corrected chi connectivity index (χ4v) is 5.74. The summed E-state index contributed by atoms with van der Waals surface area (Å²) in [5, 5.41) is 15.6. The molecule has 1 saturated heterocycles. The summed E-state index contributed by atoms with van der Waals surface area (Å²) in [5.74, 6) is -3.16. The van der Waals surface area contributed by atoms with Gasteiger partial charge in [0.05, 0.1) is 19.1 Å². The number of cyclic esters (lactones) is 1. The molecule has 13 nitrogen and oxygen atoms in total. The van der Waals surface area contributed by atoms with Gasteiger partial charge in [0.1, 0.15) is 30.0 Å². The van der Waals surface area contributed by atoms with Crippen molar-refractivity contribution in [1.82, 2.24) is 15.2 Å². The molecule has 2 aliphatic rings. The van der Waals surface area contributed by atoms with Gasteiger partial charge in [-0.3, -0.25) is 19.7 Å². The molecule has 14 heteroatoms. The zero-order chi connectivity index (χ0) is 36.2. The Morgan fingerprint density at radius 2 is 1.96 bits per heavy atom. The van der Waals surface area contributed by atoms with Gasteiger partial charge in [-0.1, -0.05) is 43.7 Å². The van der Waals surface area contributed by atoms with Gasteiger partial charge in [-0.2, -0.15) is 0 Å². The average molecular weight is 695 g/mol. The number of carbonyl (C=O) groups excluding carboxylic acids is 5. The maximum Gasteiger partial charge on any atom is 0.411 e. The lowest BCUT2D eigenvalue weighted by Crippen LogP contribution is -2.44. The van der Waals surface area contributed by atoms with Crippen molar-refractivity contribution in [2.75, 3.05) is 25.0 Å². The molecule has 0 spiro atoms. The van der Waals surface area contributed by atoms with E-state index >= 15 is 0 Å². The number of nitrogens with zero attached hydrogens (tertiary/aromatic N) is 2. The third-order valence-electron chi connectivity index (χ3n) is 8.35. The molecule has 3 heterocycles. The number of hydrogen-bond acceptors (Lipinski definition) is 10. The van der Waals surface area contributed by atoms with Crippen LogP contribution in [0.4, 0.5) is 14.9 Å². The molecule has 50 heavy (non-hydrogen) atoms. The summed E-state index contributed by atoms with van der Waals surface area (Å²) >= 11 is 0. The number of oxazole rings is 1. The fourth-order valence-electron chi connectivity index (χ4n) is 5.74. The smallest absolute Gasteiger partial charge is 0.411 e. The summed E-state index contributed by atoms with van der Waals surface area (Å²) in [6.45, 7) is 5.81. The summed E-state index contributed by atoms with van der Waals surface area (Å²) in [6.07, 6.45) is 7.24. The lowest BCUT2D eigenvalue weighted by atomic mass is 9.90. The van der Waals surface area contributed by atoms with Crippen LogP contribution in [0.2, 0.25) is 0 Å². The zero-order valence-electron chi connectivity index (χ0n) is 28.3. The highest BCUT2D eigenvalue weighted by atomic mass is 19.1. The van der Waals surface area contributed by atoms with E-state index in [-0.39, 0.29) is 61.7 Å². The molecular weight excluding hydrogens is 651 g/mol. The fraction of sp³-hybridized carbons (Fsp3) is 0.444. The van der Waals surface area contributed by atoms with Crippen LogP contribution in [0.1, 0.15) is 62.8 Å². The number of hydrogen-bond donors (Lipinski definition) is 3. The molecule has 3 amide bonds. The molecule has 3 N–H and O–H groups in total. The highest BCUT2D eigenvalue weighted by Gasteiger charge is 2.39. The molecule has 5 atom stereocenters. The van der Waals surface area contributed by atoms with Gasteiger partial charge in [-0.25, -0.2) is 19.0 Å². The Balaban J connectivity index is 1.50. The number of rotatable bonds is 5. The Hall–Kier alpha value is -5.11. The number of amides is 3. The summed E-state index contributed by atoms with van der Waals surface area (Å²) < 4.78 is 29.9. The number of aliphatic hydroxyl groups is 1. The highest BCUT2D eigenvalue weighted by Crippen LogP contribution is 2.27. The summed E-state index contributed by atoms with van der Waals surface area (Å²) in [6, 6.07) is 4.30. The number of anilines is 1. The van der Waals surface area contributed by atoms with Crippen LogP contribution in [0.25, 0.3) is 0 Å². The molecule has 1 fully saturated rings. The van der Waals surface area contributed by atoms with Crippen LogP contribution >= 0.6 is 0 Å². The number of ether oxygens (including phenoxy) is 2. The van der Waals surface area contributed by atoms with Crippen LogP contribution in [0.15, 0.2) is 70.9 Å². The topological polar surface area (TPSA) is 177 Å². The van der Waals surface area contributed by atoms with Gasteiger partial charge in [0, 0.05) is 31.1 Å². The third-order valence-corrected chi connectivity index (χ3v) is 8.35. The van der Waals surface area contributed by atoms with Gasteiger partial charge in [0.2, 0.25) is 11.8 Å². The van der Waals surface area contributed by atoms with E-state index in [2.05, 4.69) is 15.6 Å². The van der Waals surface area contributed by atoms with Crippen molar-refractivity contribution in [3.05, 3.63) is 83.9 Å². The van der Waals surface area contributed by atoms with E-state index in [4.69, 9.17) is 13.9 Å². The van der Waals surface area contributed by atoms with Crippen LogP contribution in [-0.2, 0) is 30.3 Å². The minimum atomic E-state index is -1.05. The number of aromatic nitrogens is 1. The number of halogens is 1. The van der Waals surface area contributed by atoms with E-state index in [0.717, 1.165) is 6.26 Å². The number of esters is 1. The van der Waals surface area contributed by atoms with Crippen LogP contribution in [0.5, 0.6) is 0 Å². The molecule has 0 unspecified atom stereocenters. The Bertz CT molecular complexity index is 1620. The van der Waals surface area contributed by atoms with Crippen molar-refractivity contribution in [3.8, 4) is 0 Å². The van der Waals surface area contributed by atoms with Gasteiger partial charge >= 0.3 is 12.1 Å². The number of ketones is 1. The Kier molecular flexibility index (Phi) is 13.6. The van der Waals surface area contributed by atoms with Crippen molar-refractivity contribution < 1.29 is 47.4 Å². The van der Waals surface area contributed by atoms with E-state index in [9.17, 15) is 33.5 Å². The Morgan fingerprint density at radius 3 is 2.72 bits per heavy atom. The molecule has 2 bridgehead atoms. The quantitative estimate of drug-likeness (QED) is 0.383. The molecule has 2 aliphatic heterocycles. The molecule has 0 saturated carbocycles. The molecule has 0 aliphatic carbocycles. The zero-order valence-corrected chi connectivity index (χ0v) is 28.3. The molecule has 2 aromatic rings. The van der Waals surface area contributed by atoms with Crippen molar-refractivity contribution >= 4 is 35.3 Å². The third kappa shape index (κ3) is 11.2. The standard InChI is InChI=1S/C36H43FN4O9/c1-22-6-4-15-38-31(44)13-8-23(2)33(24(3)14-17-48-36(47)39-26-11-9-25(37)10-12-26)50-35(46)30-7-5-16-41(30)34(45)29-21-49-32(40-29)20-28(43)19-27(42)18-22/h4,6,8-13,18,21,23-24,27,30,33,42H,5,7,14-17,19-20H2,1-3H3,(H,38,44)(H,39,47)/b6-4+,13-8+,22-18+/t23-,24-,27-,30-,33+/m1/s1. The van der Waals surface area contributed by atoms with Crippen molar-refractivity contribution in [1.29, 1.82) is 0 Å². The SMILES string of the molecule is CC1=C\[C@@H](O)CC(=O)Cc2nc(co2)C(=O)N2CCC[C@@H]2C(=O)O[C@H]([C@H](C)CCOC(=O)Nc2ccc(F)cc2)[C@H](C)/C=C/C(=O)NC\C=C\1. The Labute approximate surface area is 289 Å². The Morgan fingerprint density at radius 1 is 1.20 bits per heavy atom. The second-order valence-electron chi connectivity index (χ2n) is 12.5. The van der Waals surface area contributed by atoms with E-state index in [0.29, 0.717) is 30.5 Å². The number of aliphatic hydroxyl groups excluding tert-OH is 1. The van der Waals surface area contributed by atoms with Crippen LogP contribution in [-0.4, -0.2) is 82.6 Å². The first kappa shape index (κ1) is 37.7. The number of Topliss-reactive ketones (excluding diaryl/α,β-unsaturated/α-hetero) is 1. The number of nitrogens with one attached hydrogen (secondary N) is 2. The normalized spacial score (nSPS) is 25.7. The van der Waals surface area contributed by atoms with Gasteiger partial charge in [0.25, 0.3) is 5.91 Å². The summed E-state index contributed by atoms with van der Waals surface area (Å²) in [4.78, 5) is 70.1. The summed E-state index contributed by atoms with van der Waals surface area (Å²) in [5.41, 5.74) is 0.983. The first-order chi connectivity index (χ1) is 23.9. The minimum Gasteiger partial charge on any atom is -0.460 e. The van der Waals surface area contributed by atoms with Crippen molar-refractivity contribution in [2.45, 2.75) is 71.1 Å². The van der Waals surface area contributed by atoms with Crippen LogP contribution < -0.4 is 10.6 Å². The molecule has 268 valence electrons. The van der Waals surface area contributed by atoms with Crippen molar-refractivity contribution in [3.63, 3.8) is 0 Å². The second-order valence-corrected chi connectivity index (χ2v) is 12.5. The largest absolute Gasteiger partial charge is 0.460 e. The molecule has 1 aromatic carbocycles. The van der Waals surface area contributed by atoms with Gasteiger partial charge in [-0.05, 0) is 62.4 Å². The number of carbonyl (C=O) groups is 5.